The van der Waals surface area contributed by atoms with E-state index in [9.17, 15) is 0 Å². The summed E-state index contributed by atoms with van der Waals surface area (Å²) in [5.74, 6) is 0. The van der Waals surface area contributed by atoms with Crippen LogP contribution < -0.4 is 5.32 Å². The van der Waals surface area contributed by atoms with Crippen molar-refractivity contribution in [3.63, 3.8) is 0 Å². The first-order chi connectivity index (χ1) is 8.34. The maximum atomic E-state index is 5.47. The number of methoxy groups -OCH3 is 1. The van der Waals surface area contributed by atoms with Crippen molar-refractivity contribution in [3.8, 4) is 0 Å². The van der Waals surface area contributed by atoms with Gasteiger partial charge in [0, 0.05) is 45.3 Å². The summed E-state index contributed by atoms with van der Waals surface area (Å²) in [7, 11) is 1.71. The number of hydrogen-bond donors (Lipinski definition) is 1. The van der Waals surface area contributed by atoms with Gasteiger partial charge in [0.2, 0.25) is 0 Å². The highest BCUT2D eigenvalue weighted by Crippen LogP contribution is 2.09. The molecule has 0 saturated carbocycles. The molecule has 0 spiro atoms. The maximum Gasteiger partial charge on any atom is 0.0591 e. The standard InChI is InChI=1S/C13H22N2O2/c1-12(13-4-6-14-7-5-13)15-8-11-17-10-3-9-16-2/h4-7,12,15H,3,8-11H2,1-2H3/t12-/m1/s1. The predicted octanol–water partition coefficient (Wildman–Crippen LogP) is 1.79. The van der Waals surface area contributed by atoms with Gasteiger partial charge in [-0.15, -0.1) is 0 Å². The molecule has 0 amide bonds. The van der Waals surface area contributed by atoms with Crippen LogP contribution in [0.1, 0.15) is 24.9 Å². The monoisotopic (exact) mass is 238 g/mol. The van der Waals surface area contributed by atoms with E-state index in [4.69, 9.17) is 9.47 Å². The van der Waals surface area contributed by atoms with Gasteiger partial charge in [-0.3, -0.25) is 4.98 Å². The molecule has 0 radical (unpaired) electrons. The molecule has 96 valence electrons. The van der Waals surface area contributed by atoms with Crippen molar-refractivity contribution in [2.24, 2.45) is 0 Å². The lowest BCUT2D eigenvalue weighted by atomic mass is 10.1. The molecule has 1 rings (SSSR count). The van der Waals surface area contributed by atoms with E-state index in [2.05, 4.69) is 17.2 Å². The molecule has 4 nitrogen and oxygen atoms in total. The minimum Gasteiger partial charge on any atom is -0.385 e. The minimum absolute atomic E-state index is 0.334. The molecule has 17 heavy (non-hydrogen) atoms. The number of pyridine rings is 1. The molecule has 1 aromatic heterocycles. The topological polar surface area (TPSA) is 43.4 Å². The summed E-state index contributed by atoms with van der Waals surface area (Å²) < 4.78 is 10.4. The van der Waals surface area contributed by atoms with Crippen molar-refractivity contribution in [1.82, 2.24) is 10.3 Å². The van der Waals surface area contributed by atoms with Crippen LogP contribution in [-0.4, -0.2) is 38.5 Å². The average Bonchev–Trinajstić information content (AvgIpc) is 2.38. The molecule has 0 fully saturated rings. The van der Waals surface area contributed by atoms with Crippen LogP contribution in [0.15, 0.2) is 24.5 Å². The third-order valence-corrected chi connectivity index (χ3v) is 2.54. The van der Waals surface area contributed by atoms with Crippen molar-refractivity contribution in [2.75, 3.05) is 33.5 Å². The molecule has 1 aromatic rings. The number of nitrogens with one attached hydrogen (secondary N) is 1. The number of ether oxygens (including phenoxy) is 2. The molecule has 4 heteroatoms. The lowest BCUT2D eigenvalue weighted by molar-refractivity contribution is 0.103. The number of hydrogen-bond acceptors (Lipinski definition) is 4. The molecular weight excluding hydrogens is 216 g/mol. The van der Waals surface area contributed by atoms with Crippen LogP contribution in [0.2, 0.25) is 0 Å². The molecule has 0 aromatic carbocycles. The lowest BCUT2D eigenvalue weighted by Crippen LogP contribution is -2.23. The largest absolute Gasteiger partial charge is 0.385 e. The second-order valence-corrected chi connectivity index (χ2v) is 3.92. The van der Waals surface area contributed by atoms with Gasteiger partial charge in [-0.1, -0.05) is 0 Å². The fraction of sp³-hybridized carbons (Fsp3) is 0.615. The fourth-order valence-electron chi connectivity index (χ4n) is 1.52. The van der Waals surface area contributed by atoms with Gasteiger partial charge in [0.25, 0.3) is 0 Å². The number of nitrogens with zero attached hydrogens (tertiary/aromatic N) is 1. The zero-order valence-corrected chi connectivity index (χ0v) is 10.7. The summed E-state index contributed by atoms with van der Waals surface area (Å²) in [5.41, 5.74) is 1.25. The highest BCUT2D eigenvalue weighted by Gasteiger charge is 2.02. The van der Waals surface area contributed by atoms with E-state index in [-0.39, 0.29) is 0 Å². The van der Waals surface area contributed by atoms with E-state index in [0.29, 0.717) is 6.04 Å². The van der Waals surface area contributed by atoms with Crippen molar-refractivity contribution in [3.05, 3.63) is 30.1 Å². The third-order valence-electron chi connectivity index (χ3n) is 2.54. The van der Waals surface area contributed by atoms with E-state index in [1.165, 1.54) is 5.56 Å². The third kappa shape index (κ3) is 6.36. The van der Waals surface area contributed by atoms with E-state index < -0.39 is 0 Å². The average molecular weight is 238 g/mol. The first kappa shape index (κ1) is 14.1. The molecule has 1 atom stereocenters. The van der Waals surface area contributed by atoms with Crippen LogP contribution in [0.5, 0.6) is 0 Å². The molecule has 0 unspecified atom stereocenters. The zero-order valence-electron chi connectivity index (χ0n) is 10.7. The van der Waals surface area contributed by atoms with E-state index in [1.54, 1.807) is 7.11 Å². The molecule has 0 saturated heterocycles. The quantitative estimate of drug-likeness (QED) is 0.666. The Morgan fingerprint density at radius 1 is 1.24 bits per heavy atom. The van der Waals surface area contributed by atoms with Crippen molar-refractivity contribution in [2.45, 2.75) is 19.4 Å². The molecular formula is C13H22N2O2. The van der Waals surface area contributed by atoms with E-state index in [1.807, 2.05) is 24.5 Å². The summed E-state index contributed by atoms with van der Waals surface area (Å²) in [6.07, 6.45) is 4.58. The molecule has 0 bridgehead atoms. The fourth-order valence-corrected chi connectivity index (χ4v) is 1.52. The molecule has 0 aliphatic rings. The predicted molar refractivity (Wildman–Crippen MR) is 68.0 cm³/mol. The second-order valence-electron chi connectivity index (χ2n) is 3.92. The van der Waals surface area contributed by atoms with Gasteiger partial charge in [-0.05, 0) is 31.0 Å². The molecule has 1 heterocycles. The first-order valence-corrected chi connectivity index (χ1v) is 6.04. The Kier molecular flexibility index (Phi) is 7.54. The Morgan fingerprint density at radius 2 is 2.00 bits per heavy atom. The van der Waals surface area contributed by atoms with Gasteiger partial charge >= 0.3 is 0 Å². The minimum atomic E-state index is 0.334. The van der Waals surface area contributed by atoms with Gasteiger partial charge < -0.3 is 14.8 Å². The Morgan fingerprint density at radius 3 is 2.71 bits per heavy atom. The maximum absolute atomic E-state index is 5.47. The number of rotatable bonds is 9. The summed E-state index contributed by atoms with van der Waals surface area (Å²) >= 11 is 0. The summed E-state index contributed by atoms with van der Waals surface area (Å²) in [4.78, 5) is 4.00. The smallest absolute Gasteiger partial charge is 0.0591 e. The van der Waals surface area contributed by atoms with Crippen LogP contribution in [0, 0.1) is 0 Å². The van der Waals surface area contributed by atoms with Gasteiger partial charge in [0.1, 0.15) is 0 Å². The Labute approximate surface area is 103 Å². The molecule has 1 N–H and O–H groups in total. The van der Waals surface area contributed by atoms with Crippen molar-refractivity contribution >= 4 is 0 Å². The van der Waals surface area contributed by atoms with Crippen LogP contribution >= 0.6 is 0 Å². The van der Waals surface area contributed by atoms with Crippen molar-refractivity contribution in [1.29, 1.82) is 0 Å². The highest BCUT2D eigenvalue weighted by molar-refractivity contribution is 5.13. The Balaban J connectivity index is 2.03. The molecule has 0 aliphatic carbocycles. The zero-order chi connectivity index (χ0) is 12.3. The van der Waals surface area contributed by atoms with Gasteiger partial charge in [0.05, 0.1) is 6.61 Å². The normalized spacial score (nSPS) is 12.6. The Hall–Kier alpha value is -0.970. The van der Waals surface area contributed by atoms with E-state index >= 15 is 0 Å². The van der Waals surface area contributed by atoms with Gasteiger partial charge in [-0.2, -0.15) is 0 Å². The Bertz CT molecular complexity index is 280. The highest BCUT2D eigenvalue weighted by atomic mass is 16.5. The van der Waals surface area contributed by atoms with Crippen molar-refractivity contribution < 1.29 is 9.47 Å². The van der Waals surface area contributed by atoms with Gasteiger partial charge in [-0.25, -0.2) is 0 Å². The SMILES string of the molecule is COCCCOCCN[C@H](C)c1ccncc1. The second kappa shape index (κ2) is 9.10. The summed E-state index contributed by atoms with van der Waals surface area (Å²) in [6, 6.07) is 4.38. The molecule has 0 aliphatic heterocycles. The lowest BCUT2D eigenvalue weighted by Gasteiger charge is -2.13. The van der Waals surface area contributed by atoms with Crippen LogP contribution in [0.4, 0.5) is 0 Å². The van der Waals surface area contributed by atoms with Crippen LogP contribution in [-0.2, 0) is 9.47 Å². The summed E-state index contributed by atoms with van der Waals surface area (Å²) in [5, 5.41) is 3.41. The first-order valence-electron chi connectivity index (χ1n) is 6.04. The van der Waals surface area contributed by atoms with Gasteiger partial charge in [0.15, 0.2) is 0 Å². The van der Waals surface area contributed by atoms with Crippen LogP contribution in [0.3, 0.4) is 0 Å². The van der Waals surface area contributed by atoms with E-state index in [0.717, 1.165) is 32.8 Å². The van der Waals surface area contributed by atoms with Crippen LogP contribution in [0.25, 0.3) is 0 Å². The summed E-state index contributed by atoms with van der Waals surface area (Å²) in [6.45, 7) is 5.26. The number of aromatic nitrogens is 1.